The summed E-state index contributed by atoms with van der Waals surface area (Å²) in [6.07, 6.45) is 6.89. The highest BCUT2D eigenvalue weighted by molar-refractivity contribution is 5.88. The molecular weight excluding hydrogens is 450 g/mol. The molecule has 2 N–H and O–H groups in total. The highest BCUT2D eigenvalue weighted by atomic mass is 16.6. The topological polar surface area (TPSA) is 105 Å². The molecule has 3 fully saturated rings. The summed E-state index contributed by atoms with van der Waals surface area (Å²) in [5, 5.41) is 0. The number of carbonyl (C=O) groups is 1. The van der Waals surface area contributed by atoms with Crippen LogP contribution in [-0.4, -0.2) is 63.4 Å². The Morgan fingerprint density at radius 3 is 2.49 bits per heavy atom. The molecule has 1 spiro atoms. The number of nitrogen functional groups attached to an aromatic ring is 1. The van der Waals surface area contributed by atoms with Crippen LogP contribution in [0.1, 0.15) is 45.6 Å². The van der Waals surface area contributed by atoms with Crippen LogP contribution in [0.25, 0.3) is 6.08 Å². The van der Waals surface area contributed by atoms with Crippen LogP contribution in [0.3, 0.4) is 0 Å². The lowest BCUT2D eigenvalue weighted by atomic mass is 9.68. The van der Waals surface area contributed by atoms with Crippen LogP contribution < -0.4 is 15.2 Å². The van der Waals surface area contributed by atoms with Gasteiger partial charge in [-0.15, -0.1) is 0 Å². The Kier molecular flexibility index (Phi) is 7.18. The van der Waals surface area contributed by atoms with Gasteiger partial charge in [0.05, 0.1) is 32.8 Å². The summed E-state index contributed by atoms with van der Waals surface area (Å²) < 4.78 is 34.6. The first kappa shape index (κ1) is 25.5. The van der Waals surface area contributed by atoms with E-state index in [1.165, 1.54) is 11.6 Å². The Morgan fingerprint density at radius 2 is 1.89 bits per heavy atom. The summed E-state index contributed by atoms with van der Waals surface area (Å²) in [6, 6.07) is 3.38. The molecule has 0 radical (unpaired) electrons. The summed E-state index contributed by atoms with van der Waals surface area (Å²) in [6.45, 7) is 6.98. The normalized spacial score (nSPS) is 33.4. The van der Waals surface area contributed by atoms with Gasteiger partial charge in [0.15, 0.2) is 11.5 Å². The third kappa shape index (κ3) is 5.06. The van der Waals surface area contributed by atoms with E-state index in [-0.39, 0.29) is 29.3 Å². The fourth-order valence-corrected chi connectivity index (χ4v) is 5.47. The highest BCUT2D eigenvalue weighted by Gasteiger charge is 2.72. The Balaban J connectivity index is 1.47. The van der Waals surface area contributed by atoms with E-state index in [2.05, 4.69) is 26.8 Å². The minimum Gasteiger partial charge on any atom is -0.493 e. The summed E-state index contributed by atoms with van der Waals surface area (Å²) in [5.74, 6) is 0.573. The van der Waals surface area contributed by atoms with Crippen molar-refractivity contribution in [1.29, 1.82) is 0 Å². The maximum Gasteiger partial charge on any atom is 0.331 e. The van der Waals surface area contributed by atoms with Crippen molar-refractivity contribution in [2.75, 3.05) is 33.7 Å². The molecule has 8 heteroatoms. The van der Waals surface area contributed by atoms with Gasteiger partial charge in [0.1, 0.15) is 23.4 Å². The standard InChI is InChI=1S/C27H37NO7/c1-16(2)7-9-22-26(3,35-22)25-24(32-6)19(11-12-27(25)15-33-27)34-23(29)10-8-17-13-20(30-4)21(31-5)14-18(17)28/h7-8,10,13-14,19,22,24-25H,9,11-12,15,28H2,1-6H3/b10-8+/t19-,22+,24-,25-,26+,27+/m1/s1. The number of benzene rings is 1. The maximum atomic E-state index is 12.8. The number of epoxide rings is 2. The molecule has 0 amide bonds. The Bertz CT molecular complexity index is 1010. The molecule has 8 nitrogen and oxygen atoms in total. The van der Waals surface area contributed by atoms with Crippen molar-refractivity contribution >= 4 is 17.7 Å². The molecule has 0 aromatic heterocycles. The minimum absolute atomic E-state index is 0.0208. The molecule has 0 bridgehead atoms. The van der Waals surface area contributed by atoms with Crippen LogP contribution in [0.15, 0.2) is 29.9 Å². The van der Waals surface area contributed by atoms with Crippen molar-refractivity contribution in [2.24, 2.45) is 5.92 Å². The van der Waals surface area contributed by atoms with Gasteiger partial charge in [-0.05, 0) is 52.2 Å². The van der Waals surface area contributed by atoms with Crippen LogP contribution in [-0.2, 0) is 23.7 Å². The SMILES string of the molecule is COc1cc(N)c(/C=C/C(=O)O[C@@H]2CC[C@]3(CO3)[C@@H]([C@@]3(C)O[C@H]3CC=C(C)C)[C@@H]2OC)cc1OC. The molecule has 6 atom stereocenters. The number of carbonyl (C=O) groups excluding carboxylic acids is 1. The molecule has 0 unspecified atom stereocenters. The molecule has 1 aliphatic carbocycles. The van der Waals surface area contributed by atoms with E-state index < -0.39 is 12.1 Å². The van der Waals surface area contributed by atoms with Crippen LogP contribution in [0.2, 0.25) is 0 Å². The summed E-state index contributed by atoms with van der Waals surface area (Å²) in [4.78, 5) is 12.8. The smallest absolute Gasteiger partial charge is 0.331 e. The van der Waals surface area contributed by atoms with Gasteiger partial charge in [-0.2, -0.15) is 0 Å². The number of hydrogen-bond acceptors (Lipinski definition) is 8. The predicted octanol–water partition coefficient (Wildman–Crippen LogP) is 3.92. The molecule has 1 aromatic carbocycles. The number of hydrogen-bond donors (Lipinski definition) is 1. The Morgan fingerprint density at radius 1 is 1.20 bits per heavy atom. The summed E-state index contributed by atoms with van der Waals surface area (Å²) in [7, 11) is 4.75. The van der Waals surface area contributed by atoms with Crippen molar-refractivity contribution in [1.82, 2.24) is 0 Å². The van der Waals surface area contributed by atoms with Crippen molar-refractivity contribution in [3.8, 4) is 11.5 Å². The first-order valence-corrected chi connectivity index (χ1v) is 12.1. The molecule has 3 aliphatic rings. The van der Waals surface area contributed by atoms with Gasteiger partial charge in [-0.1, -0.05) is 11.6 Å². The Labute approximate surface area is 207 Å². The minimum atomic E-state index is -0.458. The fourth-order valence-electron chi connectivity index (χ4n) is 5.47. The molecule has 2 aliphatic heterocycles. The van der Waals surface area contributed by atoms with Gasteiger partial charge >= 0.3 is 5.97 Å². The van der Waals surface area contributed by atoms with Crippen LogP contribution in [0.4, 0.5) is 5.69 Å². The number of ether oxygens (including phenoxy) is 6. The summed E-state index contributed by atoms with van der Waals surface area (Å²) >= 11 is 0. The first-order chi connectivity index (χ1) is 16.7. The lowest BCUT2D eigenvalue weighted by Crippen LogP contribution is -2.55. The maximum absolute atomic E-state index is 12.8. The van der Waals surface area contributed by atoms with Gasteiger partial charge in [0, 0.05) is 30.5 Å². The fraction of sp³-hybridized carbons (Fsp3) is 0.593. The van der Waals surface area contributed by atoms with Gasteiger partial charge < -0.3 is 34.2 Å². The number of nitrogens with two attached hydrogens (primary N) is 1. The van der Waals surface area contributed by atoms with Gasteiger partial charge in [0.25, 0.3) is 0 Å². The van der Waals surface area contributed by atoms with E-state index in [0.717, 1.165) is 12.8 Å². The second kappa shape index (κ2) is 9.84. The molecule has 1 aromatic rings. The van der Waals surface area contributed by atoms with E-state index in [0.29, 0.717) is 35.8 Å². The Hall–Kier alpha value is -2.55. The summed E-state index contributed by atoms with van der Waals surface area (Å²) in [5.41, 5.74) is 7.84. The van der Waals surface area contributed by atoms with Crippen molar-refractivity contribution in [3.63, 3.8) is 0 Å². The predicted molar refractivity (Wildman–Crippen MR) is 132 cm³/mol. The van der Waals surface area contributed by atoms with Crippen molar-refractivity contribution in [3.05, 3.63) is 35.4 Å². The van der Waals surface area contributed by atoms with Gasteiger partial charge in [-0.25, -0.2) is 4.79 Å². The molecular formula is C27H37NO7. The zero-order chi connectivity index (χ0) is 25.4. The van der Waals surface area contributed by atoms with Crippen molar-refractivity contribution < 1.29 is 33.2 Å². The lowest BCUT2D eigenvalue weighted by Gasteiger charge is -2.42. The van der Waals surface area contributed by atoms with E-state index in [1.807, 2.05) is 0 Å². The molecule has 2 saturated heterocycles. The second-order valence-corrected chi connectivity index (χ2v) is 10.0. The molecule has 192 valence electrons. The lowest BCUT2D eigenvalue weighted by molar-refractivity contribution is -0.166. The van der Waals surface area contributed by atoms with E-state index in [4.69, 9.17) is 34.2 Å². The van der Waals surface area contributed by atoms with Crippen LogP contribution >= 0.6 is 0 Å². The first-order valence-electron chi connectivity index (χ1n) is 12.1. The number of rotatable bonds is 9. The van der Waals surface area contributed by atoms with E-state index >= 15 is 0 Å². The number of methoxy groups -OCH3 is 3. The zero-order valence-corrected chi connectivity index (χ0v) is 21.5. The monoisotopic (exact) mass is 487 g/mol. The number of anilines is 1. The molecule has 2 heterocycles. The van der Waals surface area contributed by atoms with Crippen LogP contribution in [0.5, 0.6) is 11.5 Å². The average molecular weight is 488 g/mol. The second-order valence-electron chi connectivity index (χ2n) is 10.0. The van der Waals surface area contributed by atoms with E-state index in [9.17, 15) is 4.79 Å². The molecule has 1 saturated carbocycles. The highest BCUT2D eigenvalue weighted by Crippen LogP contribution is 2.59. The van der Waals surface area contributed by atoms with Crippen LogP contribution in [0, 0.1) is 5.92 Å². The van der Waals surface area contributed by atoms with E-state index in [1.54, 1.807) is 39.5 Å². The third-order valence-corrected chi connectivity index (χ3v) is 7.49. The quantitative estimate of drug-likeness (QED) is 0.184. The number of esters is 1. The third-order valence-electron chi connectivity index (χ3n) is 7.49. The van der Waals surface area contributed by atoms with Crippen molar-refractivity contribution in [2.45, 2.75) is 69.5 Å². The van der Waals surface area contributed by atoms with Gasteiger partial charge in [-0.3, -0.25) is 0 Å². The largest absolute Gasteiger partial charge is 0.493 e. The number of allylic oxidation sites excluding steroid dienone is 1. The van der Waals surface area contributed by atoms with Gasteiger partial charge in [0.2, 0.25) is 0 Å². The average Bonchev–Trinajstić information content (AvgIpc) is 3.74. The molecule has 35 heavy (non-hydrogen) atoms. The molecule has 4 rings (SSSR count). The zero-order valence-electron chi connectivity index (χ0n) is 21.5.